The number of benzene rings is 1. The zero-order chi connectivity index (χ0) is 20.2. The van der Waals surface area contributed by atoms with Crippen LogP contribution in [0, 0.1) is 13.8 Å². The second-order valence-electron chi connectivity index (χ2n) is 7.33. The van der Waals surface area contributed by atoms with Gasteiger partial charge < -0.3 is 9.80 Å². The van der Waals surface area contributed by atoms with Crippen molar-refractivity contribution >= 4 is 27.5 Å². The first kappa shape index (κ1) is 18.0. The van der Waals surface area contributed by atoms with Crippen molar-refractivity contribution in [2.24, 2.45) is 4.40 Å². The maximum absolute atomic E-state index is 12.4. The molecule has 1 fully saturated rings. The lowest BCUT2D eigenvalue weighted by Gasteiger charge is -2.26. The average Bonchev–Trinajstić information content (AvgIpc) is 3.16. The number of hydrogen-bond acceptors (Lipinski definition) is 7. The van der Waals surface area contributed by atoms with E-state index in [4.69, 9.17) is 0 Å². The first-order chi connectivity index (χ1) is 14.0. The molecule has 0 N–H and O–H groups in total. The number of aromatic nitrogens is 4. The predicted octanol–water partition coefficient (Wildman–Crippen LogP) is 1.40. The maximum Gasteiger partial charge on any atom is 0.285 e. The number of aryl methyl sites for hydroxylation is 1. The van der Waals surface area contributed by atoms with Crippen molar-refractivity contribution in [3.63, 3.8) is 0 Å². The Bertz CT molecular complexity index is 1250. The molecule has 0 unspecified atom stereocenters. The third kappa shape index (κ3) is 2.86. The highest BCUT2D eigenvalue weighted by Crippen LogP contribution is 2.29. The van der Waals surface area contributed by atoms with E-state index in [0.29, 0.717) is 28.6 Å². The van der Waals surface area contributed by atoms with Crippen LogP contribution in [-0.2, 0) is 10.0 Å². The van der Waals surface area contributed by atoms with Crippen LogP contribution in [0.2, 0.25) is 0 Å². The molecule has 10 heteroatoms. The van der Waals surface area contributed by atoms with Crippen LogP contribution in [-0.4, -0.2) is 64.9 Å². The standard InChI is InChI=1S/C19H21N7O2S/c1-13-14(2)22-19-20-12-21-26(19)18(13)25-9-5-8-24(10-11-25)17-15-6-3-4-7-16(15)29(27,28)23-17/h3-4,6-7,12H,5,8-11H2,1-2H3. The summed E-state index contributed by atoms with van der Waals surface area (Å²) >= 11 is 0. The molecule has 0 radical (unpaired) electrons. The minimum atomic E-state index is -3.61. The highest BCUT2D eigenvalue weighted by molar-refractivity contribution is 7.90. The summed E-state index contributed by atoms with van der Waals surface area (Å²) in [4.78, 5) is 13.4. The quantitative estimate of drug-likeness (QED) is 0.597. The number of sulfonamides is 1. The van der Waals surface area contributed by atoms with E-state index in [9.17, 15) is 8.42 Å². The zero-order valence-corrected chi connectivity index (χ0v) is 17.1. The van der Waals surface area contributed by atoms with E-state index in [1.54, 1.807) is 16.6 Å². The van der Waals surface area contributed by atoms with Crippen molar-refractivity contribution in [2.75, 3.05) is 31.1 Å². The lowest BCUT2D eigenvalue weighted by atomic mass is 10.2. The van der Waals surface area contributed by atoms with Crippen molar-refractivity contribution in [1.29, 1.82) is 0 Å². The molecule has 1 aromatic carbocycles. The van der Waals surface area contributed by atoms with Gasteiger partial charge in [0.05, 0.1) is 0 Å². The highest BCUT2D eigenvalue weighted by Gasteiger charge is 2.32. The number of amidine groups is 1. The molecule has 4 heterocycles. The second kappa shape index (κ2) is 6.51. The first-order valence-corrected chi connectivity index (χ1v) is 11.0. The molecule has 1 saturated heterocycles. The minimum absolute atomic E-state index is 0.293. The summed E-state index contributed by atoms with van der Waals surface area (Å²) in [5, 5.41) is 4.36. The summed E-state index contributed by atoms with van der Waals surface area (Å²) in [5.41, 5.74) is 2.69. The number of hydrogen-bond donors (Lipinski definition) is 0. The lowest BCUT2D eigenvalue weighted by molar-refractivity contribution is 0.449. The van der Waals surface area contributed by atoms with Crippen LogP contribution in [0.4, 0.5) is 5.82 Å². The monoisotopic (exact) mass is 411 g/mol. The summed E-state index contributed by atoms with van der Waals surface area (Å²) in [6.07, 6.45) is 2.39. The van der Waals surface area contributed by atoms with Crippen molar-refractivity contribution < 1.29 is 8.42 Å². The normalized spacial score (nSPS) is 18.6. The molecule has 0 bridgehead atoms. The van der Waals surface area contributed by atoms with Crippen LogP contribution in [0.1, 0.15) is 23.2 Å². The van der Waals surface area contributed by atoms with E-state index in [0.717, 1.165) is 43.1 Å². The smallest absolute Gasteiger partial charge is 0.285 e. The van der Waals surface area contributed by atoms with Gasteiger partial charge in [0.1, 0.15) is 17.0 Å². The number of fused-ring (bicyclic) bond motifs is 2. The molecular weight excluding hydrogens is 390 g/mol. The van der Waals surface area contributed by atoms with Crippen molar-refractivity contribution in [3.05, 3.63) is 47.4 Å². The minimum Gasteiger partial charge on any atom is -0.354 e. The average molecular weight is 411 g/mol. The van der Waals surface area contributed by atoms with Gasteiger partial charge in [-0.15, -0.1) is 4.40 Å². The van der Waals surface area contributed by atoms with Gasteiger partial charge in [-0.2, -0.15) is 23.0 Å². The molecule has 9 nitrogen and oxygen atoms in total. The van der Waals surface area contributed by atoms with E-state index in [2.05, 4.69) is 29.3 Å². The topological polar surface area (TPSA) is 96.1 Å². The number of rotatable bonds is 1. The van der Waals surface area contributed by atoms with E-state index < -0.39 is 10.0 Å². The molecule has 2 aromatic heterocycles. The van der Waals surface area contributed by atoms with E-state index in [1.807, 2.05) is 26.0 Å². The van der Waals surface area contributed by atoms with Gasteiger partial charge in [-0.25, -0.2) is 4.98 Å². The fourth-order valence-corrected chi connectivity index (χ4v) is 5.27. The Morgan fingerprint density at radius 3 is 2.62 bits per heavy atom. The van der Waals surface area contributed by atoms with Gasteiger partial charge in [0, 0.05) is 43.0 Å². The summed E-state index contributed by atoms with van der Waals surface area (Å²) in [5.74, 6) is 2.13. The summed E-state index contributed by atoms with van der Waals surface area (Å²) < 4.78 is 30.7. The van der Waals surface area contributed by atoms with Gasteiger partial charge in [-0.3, -0.25) is 0 Å². The van der Waals surface area contributed by atoms with Gasteiger partial charge in [-0.05, 0) is 32.4 Å². The van der Waals surface area contributed by atoms with Gasteiger partial charge in [0.25, 0.3) is 15.8 Å². The largest absolute Gasteiger partial charge is 0.354 e. The molecule has 5 rings (SSSR count). The molecule has 3 aromatic rings. The Kier molecular flexibility index (Phi) is 4.05. The van der Waals surface area contributed by atoms with Crippen LogP contribution < -0.4 is 4.90 Å². The third-order valence-electron chi connectivity index (χ3n) is 5.58. The van der Waals surface area contributed by atoms with E-state index in [-0.39, 0.29) is 0 Å². The molecular formula is C19H21N7O2S. The molecule has 0 amide bonds. The van der Waals surface area contributed by atoms with Crippen LogP contribution in [0.3, 0.4) is 0 Å². The second-order valence-corrected chi connectivity index (χ2v) is 8.90. The summed E-state index contributed by atoms with van der Waals surface area (Å²) in [6, 6.07) is 7.04. The molecule has 0 aliphatic carbocycles. The van der Waals surface area contributed by atoms with Gasteiger partial charge in [0.15, 0.2) is 5.84 Å². The van der Waals surface area contributed by atoms with E-state index in [1.165, 1.54) is 6.33 Å². The predicted molar refractivity (Wildman–Crippen MR) is 109 cm³/mol. The third-order valence-corrected chi connectivity index (χ3v) is 6.91. The Hall–Kier alpha value is -3.01. The molecule has 2 aliphatic rings. The number of anilines is 1. The van der Waals surface area contributed by atoms with Crippen molar-refractivity contribution in [2.45, 2.75) is 25.2 Å². The van der Waals surface area contributed by atoms with Crippen LogP contribution in [0.25, 0.3) is 5.78 Å². The van der Waals surface area contributed by atoms with Gasteiger partial charge in [0.2, 0.25) is 0 Å². The van der Waals surface area contributed by atoms with Crippen LogP contribution >= 0.6 is 0 Å². The highest BCUT2D eigenvalue weighted by atomic mass is 32.2. The van der Waals surface area contributed by atoms with E-state index >= 15 is 0 Å². The Balaban J connectivity index is 1.47. The van der Waals surface area contributed by atoms with Gasteiger partial charge in [-0.1, -0.05) is 12.1 Å². The Labute approximate surface area is 168 Å². The Morgan fingerprint density at radius 1 is 1.00 bits per heavy atom. The molecule has 29 heavy (non-hydrogen) atoms. The number of nitrogens with zero attached hydrogens (tertiary/aromatic N) is 7. The zero-order valence-electron chi connectivity index (χ0n) is 16.3. The summed E-state index contributed by atoms with van der Waals surface area (Å²) in [7, 11) is -3.61. The molecule has 0 saturated carbocycles. The maximum atomic E-state index is 12.4. The fraction of sp³-hybridized carbons (Fsp3) is 0.368. The van der Waals surface area contributed by atoms with Crippen molar-refractivity contribution in [1.82, 2.24) is 24.5 Å². The molecule has 150 valence electrons. The molecule has 2 aliphatic heterocycles. The van der Waals surface area contributed by atoms with Crippen molar-refractivity contribution in [3.8, 4) is 0 Å². The SMILES string of the molecule is Cc1nc2ncnn2c(N2CCCN(C3=NS(=O)(=O)c4ccccc43)CC2)c1C. The summed E-state index contributed by atoms with van der Waals surface area (Å²) in [6.45, 7) is 6.98. The van der Waals surface area contributed by atoms with Crippen LogP contribution in [0.15, 0.2) is 39.9 Å². The fourth-order valence-electron chi connectivity index (χ4n) is 4.04. The first-order valence-electron chi connectivity index (χ1n) is 9.57. The molecule has 0 spiro atoms. The Morgan fingerprint density at radius 2 is 1.76 bits per heavy atom. The lowest BCUT2D eigenvalue weighted by Crippen LogP contribution is -2.36. The van der Waals surface area contributed by atoms with Crippen LogP contribution in [0.5, 0.6) is 0 Å². The molecule has 0 atom stereocenters. The van der Waals surface area contributed by atoms with Gasteiger partial charge >= 0.3 is 0 Å².